The van der Waals surface area contributed by atoms with Gasteiger partial charge in [0, 0.05) is 18.0 Å². The Balaban J connectivity index is 2.55. The van der Waals surface area contributed by atoms with E-state index >= 15 is 0 Å². The Hall–Kier alpha value is -0.830. The maximum Gasteiger partial charge on any atom is 0.153 e. The molecule has 3 nitrogen and oxygen atoms in total. The van der Waals surface area contributed by atoms with Crippen LogP contribution >= 0.6 is 11.6 Å². The third kappa shape index (κ3) is 1.05. The van der Waals surface area contributed by atoms with Crippen LogP contribution in [-0.4, -0.2) is 16.7 Å². The minimum Gasteiger partial charge on any atom is -0.382 e. The van der Waals surface area contributed by atoms with Crippen molar-refractivity contribution in [2.45, 2.75) is 19.3 Å². The SMILES string of the molecule is CC1(C)CNc2cc(Cl)nnc21. The van der Waals surface area contributed by atoms with Gasteiger partial charge in [-0.1, -0.05) is 25.4 Å². The Bertz CT molecular complexity index is 322. The van der Waals surface area contributed by atoms with Crippen LogP contribution in [0.4, 0.5) is 5.69 Å². The van der Waals surface area contributed by atoms with Gasteiger partial charge in [-0.3, -0.25) is 0 Å². The summed E-state index contributed by atoms with van der Waals surface area (Å²) >= 11 is 5.70. The molecule has 0 radical (unpaired) electrons. The van der Waals surface area contributed by atoms with Crippen molar-refractivity contribution in [2.75, 3.05) is 11.9 Å². The molecule has 1 aromatic heterocycles. The van der Waals surface area contributed by atoms with E-state index in [1.165, 1.54) is 0 Å². The van der Waals surface area contributed by atoms with E-state index in [4.69, 9.17) is 11.6 Å². The largest absolute Gasteiger partial charge is 0.382 e. The first kappa shape index (κ1) is 7.80. The van der Waals surface area contributed by atoms with Gasteiger partial charge in [-0.15, -0.1) is 5.10 Å². The lowest BCUT2D eigenvalue weighted by Crippen LogP contribution is -2.20. The van der Waals surface area contributed by atoms with E-state index in [9.17, 15) is 0 Å². The lowest BCUT2D eigenvalue weighted by atomic mass is 9.92. The molecule has 0 atom stereocenters. The zero-order valence-corrected chi connectivity index (χ0v) is 7.81. The smallest absolute Gasteiger partial charge is 0.153 e. The fraction of sp³-hybridized carbons (Fsp3) is 0.500. The minimum atomic E-state index is 0.0763. The van der Waals surface area contributed by atoms with Gasteiger partial charge in [0.1, 0.15) is 0 Å². The van der Waals surface area contributed by atoms with Crippen LogP contribution in [0.5, 0.6) is 0 Å². The highest BCUT2D eigenvalue weighted by Crippen LogP contribution is 2.34. The first-order chi connectivity index (χ1) is 5.59. The van der Waals surface area contributed by atoms with Gasteiger partial charge in [0.25, 0.3) is 0 Å². The highest BCUT2D eigenvalue weighted by atomic mass is 35.5. The number of halogens is 1. The summed E-state index contributed by atoms with van der Waals surface area (Å²) in [6.45, 7) is 5.17. The van der Waals surface area contributed by atoms with Gasteiger partial charge in [-0.25, -0.2) is 0 Å². The van der Waals surface area contributed by atoms with Crippen LogP contribution in [0.2, 0.25) is 5.15 Å². The van der Waals surface area contributed by atoms with Gasteiger partial charge in [0.05, 0.1) is 11.4 Å². The summed E-state index contributed by atoms with van der Waals surface area (Å²) in [5.41, 5.74) is 2.10. The summed E-state index contributed by atoms with van der Waals surface area (Å²) < 4.78 is 0. The molecule has 1 N–H and O–H groups in total. The average molecular weight is 184 g/mol. The van der Waals surface area contributed by atoms with Gasteiger partial charge in [0.2, 0.25) is 0 Å². The molecule has 0 aromatic carbocycles. The molecule has 2 heterocycles. The number of hydrogen-bond acceptors (Lipinski definition) is 3. The molecule has 0 bridgehead atoms. The molecular formula is C8H10ClN3. The Morgan fingerprint density at radius 1 is 1.50 bits per heavy atom. The highest BCUT2D eigenvalue weighted by Gasteiger charge is 2.31. The molecule has 64 valence electrons. The quantitative estimate of drug-likeness (QED) is 0.667. The average Bonchev–Trinajstić information content (AvgIpc) is 2.27. The lowest BCUT2D eigenvalue weighted by Gasteiger charge is -2.14. The molecule has 0 saturated carbocycles. The first-order valence-electron chi connectivity index (χ1n) is 3.87. The number of fused-ring (bicyclic) bond motifs is 1. The Labute approximate surface area is 76.1 Å². The molecule has 0 amide bonds. The minimum absolute atomic E-state index is 0.0763. The van der Waals surface area contributed by atoms with Crippen molar-refractivity contribution < 1.29 is 0 Å². The predicted molar refractivity (Wildman–Crippen MR) is 48.6 cm³/mol. The predicted octanol–water partition coefficient (Wildman–Crippen LogP) is 1.83. The highest BCUT2D eigenvalue weighted by molar-refractivity contribution is 6.29. The molecule has 0 spiro atoms. The molecule has 0 saturated heterocycles. The van der Waals surface area contributed by atoms with Crippen LogP contribution in [0.15, 0.2) is 6.07 Å². The van der Waals surface area contributed by atoms with Crippen molar-refractivity contribution in [3.05, 3.63) is 16.9 Å². The number of rotatable bonds is 0. The van der Waals surface area contributed by atoms with Crippen molar-refractivity contribution in [2.24, 2.45) is 0 Å². The van der Waals surface area contributed by atoms with E-state index in [1.54, 1.807) is 0 Å². The zero-order valence-electron chi connectivity index (χ0n) is 7.06. The normalized spacial score (nSPS) is 18.6. The Morgan fingerprint density at radius 2 is 2.25 bits per heavy atom. The number of nitrogens with one attached hydrogen (secondary N) is 1. The monoisotopic (exact) mass is 183 g/mol. The van der Waals surface area contributed by atoms with Crippen molar-refractivity contribution in [3.63, 3.8) is 0 Å². The summed E-state index contributed by atoms with van der Waals surface area (Å²) in [6.07, 6.45) is 0. The van der Waals surface area contributed by atoms with Gasteiger partial charge < -0.3 is 5.32 Å². The van der Waals surface area contributed by atoms with E-state index in [0.717, 1.165) is 17.9 Å². The van der Waals surface area contributed by atoms with Crippen LogP contribution in [0.1, 0.15) is 19.5 Å². The Kier molecular flexibility index (Phi) is 1.51. The van der Waals surface area contributed by atoms with Crippen LogP contribution in [-0.2, 0) is 5.41 Å². The molecule has 1 aliphatic rings. The van der Waals surface area contributed by atoms with Gasteiger partial charge in [-0.05, 0) is 0 Å². The summed E-state index contributed by atoms with van der Waals surface area (Å²) in [4.78, 5) is 0. The van der Waals surface area contributed by atoms with Crippen LogP contribution in [0.25, 0.3) is 0 Å². The van der Waals surface area contributed by atoms with Crippen LogP contribution in [0.3, 0.4) is 0 Å². The molecule has 1 aromatic rings. The van der Waals surface area contributed by atoms with Crippen molar-refractivity contribution in [1.82, 2.24) is 10.2 Å². The third-order valence-corrected chi connectivity index (χ3v) is 2.31. The summed E-state index contributed by atoms with van der Waals surface area (Å²) in [5, 5.41) is 11.6. The second-order valence-corrected chi connectivity index (χ2v) is 4.05. The van der Waals surface area contributed by atoms with Gasteiger partial charge >= 0.3 is 0 Å². The second-order valence-electron chi connectivity index (χ2n) is 3.67. The molecule has 12 heavy (non-hydrogen) atoms. The van der Waals surface area contributed by atoms with Gasteiger partial charge in [-0.2, -0.15) is 5.10 Å². The lowest BCUT2D eigenvalue weighted by molar-refractivity contribution is 0.560. The van der Waals surface area contributed by atoms with Crippen molar-refractivity contribution in [3.8, 4) is 0 Å². The standard InChI is InChI=1S/C8H10ClN3/c1-8(2)4-10-5-3-6(9)11-12-7(5)8/h3,10H,4H2,1-2H3. The van der Waals surface area contributed by atoms with E-state index in [2.05, 4.69) is 29.4 Å². The first-order valence-corrected chi connectivity index (χ1v) is 4.25. The maximum atomic E-state index is 5.70. The molecule has 0 aliphatic carbocycles. The maximum absolute atomic E-state index is 5.70. The van der Waals surface area contributed by atoms with Crippen LogP contribution < -0.4 is 5.32 Å². The van der Waals surface area contributed by atoms with Crippen molar-refractivity contribution in [1.29, 1.82) is 0 Å². The molecule has 0 fully saturated rings. The molecule has 2 rings (SSSR count). The number of aromatic nitrogens is 2. The van der Waals surface area contributed by atoms with E-state index in [-0.39, 0.29) is 5.41 Å². The fourth-order valence-corrected chi connectivity index (χ4v) is 1.55. The molecule has 4 heteroatoms. The van der Waals surface area contributed by atoms with E-state index in [0.29, 0.717) is 5.15 Å². The third-order valence-electron chi connectivity index (χ3n) is 2.13. The Morgan fingerprint density at radius 3 is 3.00 bits per heavy atom. The summed E-state index contributed by atoms with van der Waals surface area (Å²) in [7, 11) is 0. The number of hydrogen-bond donors (Lipinski definition) is 1. The number of nitrogens with zero attached hydrogens (tertiary/aromatic N) is 2. The summed E-state index contributed by atoms with van der Waals surface area (Å²) in [5.74, 6) is 0. The fourth-order valence-electron chi connectivity index (χ4n) is 1.40. The molecular weight excluding hydrogens is 174 g/mol. The summed E-state index contributed by atoms with van der Waals surface area (Å²) in [6, 6.07) is 1.82. The van der Waals surface area contributed by atoms with E-state index < -0.39 is 0 Å². The molecule has 0 unspecified atom stereocenters. The zero-order chi connectivity index (χ0) is 8.77. The number of anilines is 1. The molecule has 1 aliphatic heterocycles. The van der Waals surface area contributed by atoms with Crippen LogP contribution in [0, 0.1) is 0 Å². The van der Waals surface area contributed by atoms with Crippen molar-refractivity contribution >= 4 is 17.3 Å². The second kappa shape index (κ2) is 2.33. The van der Waals surface area contributed by atoms with E-state index in [1.807, 2.05) is 6.07 Å². The van der Waals surface area contributed by atoms with Gasteiger partial charge in [0.15, 0.2) is 5.15 Å². The topological polar surface area (TPSA) is 37.8 Å².